The van der Waals surface area contributed by atoms with Crippen molar-refractivity contribution in [3.8, 4) is 6.07 Å². The maximum Gasteiger partial charge on any atom is 0.111 e. The zero-order valence-electron chi connectivity index (χ0n) is 11.6. The Morgan fingerprint density at radius 2 is 2.11 bits per heavy atom. The summed E-state index contributed by atoms with van der Waals surface area (Å²) in [6, 6.07) is 3.12. The molecule has 3 heteroatoms. The van der Waals surface area contributed by atoms with Crippen molar-refractivity contribution in [3.05, 3.63) is 0 Å². The van der Waals surface area contributed by atoms with Gasteiger partial charge in [-0.25, -0.2) is 0 Å². The number of hydrogen-bond donors (Lipinski definition) is 1. The van der Waals surface area contributed by atoms with Crippen molar-refractivity contribution >= 4 is 0 Å². The van der Waals surface area contributed by atoms with Crippen molar-refractivity contribution in [2.24, 2.45) is 0 Å². The Balaban J connectivity index is 1.94. The molecule has 2 fully saturated rings. The molecule has 1 saturated carbocycles. The standard InChI is InChI=1S/C15H26N2O/c1-2-6-14-11-15(12-16,9-10-18-14)17-13-7-4-3-5-8-13/h13-14,17H,2-11H2,1H3. The third-order valence-electron chi connectivity index (χ3n) is 4.37. The molecule has 1 saturated heterocycles. The van der Waals surface area contributed by atoms with Gasteiger partial charge in [-0.2, -0.15) is 5.26 Å². The van der Waals surface area contributed by atoms with E-state index in [4.69, 9.17) is 4.74 Å². The van der Waals surface area contributed by atoms with Crippen molar-refractivity contribution in [3.63, 3.8) is 0 Å². The summed E-state index contributed by atoms with van der Waals surface area (Å²) in [5, 5.41) is 13.3. The molecule has 2 unspecified atom stereocenters. The summed E-state index contributed by atoms with van der Waals surface area (Å²) in [4.78, 5) is 0. The third-order valence-corrected chi connectivity index (χ3v) is 4.37. The van der Waals surface area contributed by atoms with Crippen LogP contribution in [0.15, 0.2) is 0 Å². The van der Waals surface area contributed by atoms with Crippen molar-refractivity contribution < 1.29 is 4.74 Å². The van der Waals surface area contributed by atoms with Gasteiger partial charge in [-0.15, -0.1) is 0 Å². The van der Waals surface area contributed by atoms with E-state index < -0.39 is 0 Å². The normalized spacial score (nSPS) is 34.1. The molecule has 0 aromatic heterocycles. The van der Waals surface area contributed by atoms with E-state index >= 15 is 0 Å². The highest BCUT2D eigenvalue weighted by Crippen LogP contribution is 2.29. The van der Waals surface area contributed by atoms with Crippen LogP contribution >= 0.6 is 0 Å². The van der Waals surface area contributed by atoms with Gasteiger partial charge < -0.3 is 4.74 Å². The molecule has 0 aromatic rings. The molecule has 2 rings (SSSR count). The van der Waals surface area contributed by atoms with E-state index in [0.29, 0.717) is 6.04 Å². The highest BCUT2D eigenvalue weighted by molar-refractivity contribution is 5.11. The molecular formula is C15H26N2O. The lowest BCUT2D eigenvalue weighted by Gasteiger charge is -2.40. The first kappa shape index (κ1) is 13.8. The van der Waals surface area contributed by atoms with Gasteiger partial charge in [0.25, 0.3) is 0 Å². The predicted molar refractivity (Wildman–Crippen MR) is 72.2 cm³/mol. The maximum atomic E-state index is 9.59. The van der Waals surface area contributed by atoms with Crippen molar-refractivity contribution in [1.82, 2.24) is 5.32 Å². The van der Waals surface area contributed by atoms with Crippen LogP contribution in [0.3, 0.4) is 0 Å². The van der Waals surface area contributed by atoms with Crippen molar-refractivity contribution in [1.29, 1.82) is 5.26 Å². The first-order chi connectivity index (χ1) is 8.78. The molecule has 3 nitrogen and oxygen atoms in total. The highest BCUT2D eigenvalue weighted by Gasteiger charge is 2.38. The average molecular weight is 250 g/mol. The second-order valence-corrected chi connectivity index (χ2v) is 5.91. The summed E-state index contributed by atoms with van der Waals surface area (Å²) in [6.45, 7) is 2.92. The van der Waals surface area contributed by atoms with Crippen LogP contribution in [0.25, 0.3) is 0 Å². The lowest BCUT2D eigenvalue weighted by molar-refractivity contribution is -0.0220. The summed E-state index contributed by atoms with van der Waals surface area (Å²) >= 11 is 0. The second kappa shape index (κ2) is 6.54. The Bertz CT molecular complexity index is 291. The smallest absolute Gasteiger partial charge is 0.111 e. The summed E-state index contributed by atoms with van der Waals surface area (Å²) in [5.41, 5.74) is -0.319. The van der Waals surface area contributed by atoms with Gasteiger partial charge in [0, 0.05) is 25.5 Å². The molecular weight excluding hydrogens is 224 g/mol. The Hall–Kier alpha value is -0.590. The van der Waals surface area contributed by atoms with Crippen molar-refractivity contribution in [2.75, 3.05) is 6.61 Å². The second-order valence-electron chi connectivity index (χ2n) is 5.91. The quantitative estimate of drug-likeness (QED) is 0.833. The largest absolute Gasteiger partial charge is 0.378 e. The summed E-state index contributed by atoms with van der Waals surface area (Å²) < 4.78 is 5.77. The Morgan fingerprint density at radius 1 is 1.33 bits per heavy atom. The van der Waals surface area contributed by atoms with Gasteiger partial charge in [0.05, 0.1) is 12.2 Å². The van der Waals surface area contributed by atoms with Crippen LogP contribution < -0.4 is 5.32 Å². The Kier molecular flexibility index (Phi) is 5.03. The zero-order chi connectivity index (χ0) is 12.8. The molecule has 0 bridgehead atoms. The number of nitrogens with zero attached hydrogens (tertiary/aromatic N) is 1. The van der Waals surface area contributed by atoms with Gasteiger partial charge >= 0.3 is 0 Å². The molecule has 18 heavy (non-hydrogen) atoms. The third kappa shape index (κ3) is 3.46. The molecule has 0 spiro atoms. The van der Waals surface area contributed by atoms with E-state index in [2.05, 4.69) is 18.3 Å². The van der Waals surface area contributed by atoms with Gasteiger partial charge in [-0.3, -0.25) is 5.32 Å². The van der Waals surface area contributed by atoms with Gasteiger partial charge in [-0.1, -0.05) is 32.6 Å². The Labute approximate surface area is 111 Å². The molecule has 1 aliphatic heterocycles. The molecule has 1 aliphatic carbocycles. The van der Waals surface area contributed by atoms with Gasteiger partial charge in [0.1, 0.15) is 5.54 Å². The minimum Gasteiger partial charge on any atom is -0.378 e. The molecule has 2 atom stereocenters. The van der Waals surface area contributed by atoms with Gasteiger partial charge in [0.2, 0.25) is 0 Å². The number of rotatable bonds is 4. The molecule has 0 radical (unpaired) electrons. The summed E-state index contributed by atoms with van der Waals surface area (Å²) in [7, 11) is 0. The van der Waals surface area contributed by atoms with Crippen molar-refractivity contribution in [2.45, 2.75) is 82.4 Å². The van der Waals surface area contributed by atoms with Crippen LogP contribution in [-0.2, 0) is 4.74 Å². The lowest BCUT2D eigenvalue weighted by Crippen LogP contribution is -2.54. The minimum atomic E-state index is -0.319. The maximum absolute atomic E-state index is 9.59. The van der Waals surface area contributed by atoms with Crippen LogP contribution in [0.4, 0.5) is 0 Å². The topological polar surface area (TPSA) is 45.0 Å². The van der Waals surface area contributed by atoms with Crippen LogP contribution in [0.5, 0.6) is 0 Å². The monoisotopic (exact) mass is 250 g/mol. The molecule has 1 heterocycles. The van der Waals surface area contributed by atoms with E-state index in [9.17, 15) is 5.26 Å². The molecule has 0 aromatic carbocycles. The fourth-order valence-corrected chi connectivity index (χ4v) is 3.36. The van der Waals surface area contributed by atoms with E-state index in [1.165, 1.54) is 32.1 Å². The van der Waals surface area contributed by atoms with E-state index in [0.717, 1.165) is 32.3 Å². The number of nitrogens with one attached hydrogen (secondary N) is 1. The summed E-state index contributed by atoms with van der Waals surface area (Å²) in [6.07, 6.45) is 10.7. The molecule has 102 valence electrons. The SMILES string of the molecule is CCCC1CC(C#N)(NC2CCCCC2)CCO1. The fourth-order valence-electron chi connectivity index (χ4n) is 3.36. The van der Waals surface area contributed by atoms with Crippen LogP contribution in [0.1, 0.15) is 64.7 Å². The fraction of sp³-hybridized carbons (Fsp3) is 0.933. The summed E-state index contributed by atoms with van der Waals surface area (Å²) in [5.74, 6) is 0. The van der Waals surface area contributed by atoms with Gasteiger partial charge in [0.15, 0.2) is 0 Å². The highest BCUT2D eigenvalue weighted by atomic mass is 16.5. The van der Waals surface area contributed by atoms with Gasteiger partial charge in [-0.05, 0) is 19.3 Å². The lowest BCUT2D eigenvalue weighted by atomic mass is 9.84. The number of ether oxygens (including phenoxy) is 1. The minimum absolute atomic E-state index is 0.277. The first-order valence-electron chi connectivity index (χ1n) is 7.58. The molecule has 0 amide bonds. The van der Waals surface area contributed by atoms with Crippen LogP contribution in [-0.4, -0.2) is 24.3 Å². The average Bonchev–Trinajstić information content (AvgIpc) is 2.41. The Morgan fingerprint density at radius 3 is 2.78 bits per heavy atom. The van der Waals surface area contributed by atoms with E-state index in [-0.39, 0.29) is 11.6 Å². The van der Waals surface area contributed by atoms with E-state index in [1.54, 1.807) is 0 Å². The zero-order valence-corrected chi connectivity index (χ0v) is 11.6. The number of nitriles is 1. The predicted octanol–water partition coefficient (Wildman–Crippen LogP) is 3.15. The van der Waals surface area contributed by atoms with Crippen LogP contribution in [0.2, 0.25) is 0 Å². The molecule has 2 aliphatic rings. The van der Waals surface area contributed by atoms with Crippen LogP contribution in [0, 0.1) is 11.3 Å². The molecule has 1 N–H and O–H groups in total. The number of hydrogen-bond acceptors (Lipinski definition) is 3. The first-order valence-corrected chi connectivity index (χ1v) is 7.58. The van der Waals surface area contributed by atoms with E-state index in [1.807, 2.05) is 0 Å².